The summed E-state index contributed by atoms with van der Waals surface area (Å²) in [5, 5.41) is 15.5. The number of ether oxygens (including phenoxy) is 1. The molecule has 2 amide bonds. The summed E-state index contributed by atoms with van der Waals surface area (Å²) < 4.78 is 6.29. The highest BCUT2D eigenvalue weighted by Gasteiger charge is 2.69. The van der Waals surface area contributed by atoms with Gasteiger partial charge in [-0.05, 0) is 129 Å². The van der Waals surface area contributed by atoms with E-state index in [4.69, 9.17) is 4.74 Å². The Labute approximate surface area is 333 Å². The first kappa shape index (κ1) is 43.7. The molecule has 312 valence electrons. The lowest BCUT2D eigenvalue weighted by atomic mass is 9.33. The van der Waals surface area contributed by atoms with E-state index in [9.17, 15) is 24.3 Å². The average Bonchev–Trinajstić information content (AvgIpc) is 3.09. The van der Waals surface area contributed by atoms with Crippen LogP contribution in [0.25, 0.3) is 0 Å². The molecule has 55 heavy (non-hydrogen) atoms. The molecule has 0 spiro atoms. The summed E-state index contributed by atoms with van der Waals surface area (Å²) >= 11 is 0. The summed E-state index contributed by atoms with van der Waals surface area (Å²) in [6.07, 6.45) is 19.2. The molecule has 0 aromatic rings. The van der Waals surface area contributed by atoms with Crippen LogP contribution >= 0.6 is 0 Å². The molecule has 0 saturated heterocycles. The second kappa shape index (κ2) is 16.5. The fraction of sp³-hybridized carbons (Fsp3) is 0.872. The molecule has 4 saturated carbocycles. The van der Waals surface area contributed by atoms with Crippen LogP contribution in [0.15, 0.2) is 11.6 Å². The largest absolute Gasteiger partial charge is 0.480 e. The van der Waals surface area contributed by atoms with E-state index in [-0.39, 0.29) is 68.2 Å². The molecule has 8 nitrogen and oxygen atoms in total. The van der Waals surface area contributed by atoms with Crippen molar-refractivity contribution >= 4 is 23.8 Å². The number of allylic oxidation sites excluding steroid dienone is 2. The van der Waals surface area contributed by atoms with Gasteiger partial charge in [0, 0.05) is 24.8 Å². The number of aliphatic carboxylic acids is 1. The van der Waals surface area contributed by atoms with E-state index >= 15 is 0 Å². The van der Waals surface area contributed by atoms with Crippen molar-refractivity contribution < 1.29 is 29.0 Å². The van der Waals surface area contributed by atoms with Crippen molar-refractivity contribution in [2.45, 2.75) is 197 Å². The lowest BCUT2D eigenvalue weighted by Crippen LogP contribution is -2.65. The Morgan fingerprint density at radius 1 is 0.836 bits per heavy atom. The monoisotopic (exact) mass is 767 g/mol. The smallest absolute Gasteiger partial charge is 0.326 e. The Morgan fingerprint density at radius 3 is 2.20 bits per heavy atom. The number of nitrogens with one attached hydrogen (secondary N) is 2. The van der Waals surface area contributed by atoms with Crippen LogP contribution in [-0.4, -0.2) is 47.6 Å². The Morgan fingerprint density at radius 2 is 1.53 bits per heavy atom. The molecular formula is C47H78N2O6. The van der Waals surface area contributed by atoms with Crippen molar-refractivity contribution in [2.75, 3.05) is 6.54 Å². The van der Waals surface area contributed by atoms with Gasteiger partial charge in [0.05, 0.1) is 5.41 Å². The molecule has 0 aromatic heterocycles. The van der Waals surface area contributed by atoms with Crippen molar-refractivity contribution in [1.29, 1.82) is 0 Å². The molecule has 0 aromatic carbocycles. The average molecular weight is 767 g/mol. The zero-order chi connectivity index (χ0) is 40.6. The van der Waals surface area contributed by atoms with E-state index in [1.54, 1.807) is 19.4 Å². The van der Waals surface area contributed by atoms with E-state index in [0.717, 1.165) is 89.9 Å². The number of rotatable bonds is 15. The fourth-order valence-electron chi connectivity index (χ4n) is 13.3. The van der Waals surface area contributed by atoms with Gasteiger partial charge in [0.15, 0.2) is 0 Å². The molecule has 3 N–H and O–H groups in total. The predicted octanol–water partition coefficient (Wildman–Crippen LogP) is 10.2. The highest BCUT2D eigenvalue weighted by molar-refractivity contribution is 5.84. The minimum Gasteiger partial charge on any atom is -0.480 e. The van der Waals surface area contributed by atoms with Gasteiger partial charge in [0.1, 0.15) is 12.1 Å². The number of carbonyl (C=O) groups excluding carboxylic acids is 3. The SMILES string of the molecule is CCCCCC(=O)O[C@H]1CC[C@]2(C)[C@H]3CC=C4[C@@H]5CC(C)(C)CC[C@]5(C(=O)NCCCCCC(=O)N[C@H](C(=O)O)C(C)C)CC[C@@]4(C)[C@]3(C)CC[C@H]2C1(C)C. The van der Waals surface area contributed by atoms with Crippen LogP contribution in [0.2, 0.25) is 0 Å². The van der Waals surface area contributed by atoms with E-state index in [1.807, 2.05) is 0 Å². The fourth-order valence-corrected chi connectivity index (χ4v) is 13.3. The van der Waals surface area contributed by atoms with Gasteiger partial charge < -0.3 is 20.5 Å². The first-order chi connectivity index (χ1) is 25.7. The molecule has 5 aliphatic carbocycles. The van der Waals surface area contributed by atoms with E-state index in [0.29, 0.717) is 37.6 Å². The van der Waals surface area contributed by atoms with Gasteiger partial charge in [-0.2, -0.15) is 0 Å². The molecule has 9 atom stereocenters. The zero-order valence-electron chi connectivity index (χ0n) is 36.5. The summed E-state index contributed by atoms with van der Waals surface area (Å²) in [5.41, 5.74) is 1.64. The number of unbranched alkanes of at least 4 members (excludes halogenated alkanes) is 4. The number of hydrogen-bond donors (Lipinski definition) is 3. The van der Waals surface area contributed by atoms with Gasteiger partial charge >= 0.3 is 11.9 Å². The quantitative estimate of drug-likeness (QED) is 0.0867. The number of carbonyl (C=O) groups is 4. The topological polar surface area (TPSA) is 122 Å². The molecule has 5 rings (SSSR count). The number of fused-ring (bicyclic) bond motifs is 7. The first-order valence-electron chi connectivity index (χ1n) is 22.4. The highest BCUT2D eigenvalue weighted by atomic mass is 16.5. The number of carboxylic acids is 1. The Hall–Kier alpha value is -2.38. The maximum atomic E-state index is 14.5. The van der Waals surface area contributed by atoms with Crippen LogP contribution in [0.4, 0.5) is 0 Å². The van der Waals surface area contributed by atoms with Crippen molar-refractivity contribution in [3.63, 3.8) is 0 Å². The number of hydrogen-bond acceptors (Lipinski definition) is 5. The van der Waals surface area contributed by atoms with Crippen LogP contribution in [0.3, 0.4) is 0 Å². The number of carboxylic acid groups (broad SMARTS) is 1. The zero-order valence-corrected chi connectivity index (χ0v) is 36.5. The van der Waals surface area contributed by atoms with Gasteiger partial charge in [-0.3, -0.25) is 14.4 Å². The first-order valence-corrected chi connectivity index (χ1v) is 22.4. The second-order valence-corrected chi connectivity index (χ2v) is 21.4. The minimum atomic E-state index is -1.00. The number of amides is 2. The van der Waals surface area contributed by atoms with Gasteiger partial charge in [-0.25, -0.2) is 4.79 Å². The molecular weight excluding hydrogens is 689 g/mol. The van der Waals surface area contributed by atoms with Crippen LogP contribution < -0.4 is 10.6 Å². The predicted molar refractivity (Wildman–Crippen MR) is 219 cm³/mol. The molecule has 0 bridgehead atoms. The highest BCUT2D eigenvalue weighted by Crippen LogP contribution is 2.76. The minimum absolute atomic E-state index is 0.0162. The molecule has 0 aliphatic heterocycles. The standard InChI is InChI=1S/C47H78N2O6/c1-11-12-14-18-38(51)55-36-22-23-44(8)34(43(36,6)7)21-24-46(10)35(44)20-19-32-33-30-42(4,5)25-27-47(33,28-26-45(32,46)9)41(54)48-29-16-13-15-17-37(50)49-39(31(2)3)40(52)53/h19,31,33-36,39H,11-18,20-30H2,1-10H3,(H,48,54)(H,49,50)(H,52,53)/t33-,34-,35+,36-,39-,44-,45+,46+,47-/m0/s1. The molecule has 5 aliphatic rings. The summed E-state index contributed by atoms with van der Waals surface area (Å²) in [6, 6.07) is -0.868. The van der Waals surface area contributed by atoms with Gasteiger partial charge in [-0.1, -0.05) is 100 Å². The van der Waals surface area contributed by atoms with Crippen molar-refractivity contribution in [3.05, 3.63) is 11.6 Å². The summed E-state index contributed by atoms with van der Waals surface area (Å²) in [5.74, 6) is 0.0923. The molecule has 0 heterocycles. The van der Waals surface area contributed by atoms with Crippen molar-refractivity contribution in [2.24, 2.45) is 56.2 Å². The van der Waals surface area contributed by atoms with E-state index in [1.165, 1.54) is 6.42 Å². The summed E-state index contributed by atoms with van der Waals surface area (Å²) in [7, 11) is 0. The summed E-state index contributed by atoms with van der Waals surface area (Å²) in [6.45, 7) is 23.7. The number of esters is 1. The Bertz CT molecular complexity index is 1470. The molecule has 0 unspecified atom stereocenters. The third-order valence-electron chi connectivity index (χ3n) is 16.9. The maximum absolute atomic E-state index is 14.5. The maximum Gasteiger partial charge on any atom is 0.326 e. The lowest BCUT2D eigenvalue weighted by molar-refractivity contribution is -0.213. The van der Waals surface area contributed by atoms with Gasteiger partial charge in [0.25, 0.3) is 0 Å². The Balaban J connectivity index is 1.28. The van der Waals surface area contributed by atoms with Crippen LogP contribution in [0, 0.1) is 56.2 Å². The van der Waals surface area contributed by atoms with Gasteiger partial charge in [0.2, 0.25) is 11.8 Å². The second-order valence-electron chi connectivity index (χ2n) is 21.4. The van der Waals surface area contributed by atoms with E-state index in [2.05, 4.69) is 72.1 Å². The van der Waals surface area contributed by atoms with Crippen LogP contribution in [0.5, 0.6) is 0 Å². The van der Waals surface area contributed by atoms with Crippen molar-refractivity contribution in [1.82, 2.24) is 10.6 Å². The van der Waals surface area contributed by atoms with E-state index < -0.39 is 12.0 Å². The third kappa shape index (κ3) is 8.18. The lowest BCUT2D eigenvalue weighted by Gasteiger charge is -2.71. The van der Waals surface area contributed by atoms with Crippen LogP contribution in [-0.2, 0) is 23.9 Å². The van der Waals surface area contributed by atoms with Crippen LogP contribution in [0.1, 0.15) is 185 Å². The van der Waals surface area contributed by atoms with Crippen molar-refractivity contribution in [3.8, 4) is 0 Å². The molecule has 0 radical (unpaired) electrons. The summed E-state index contributed by atoms with van der Waals surface area (Å²) in [4.78, 5) is 51.3. The molecule has 8 heteroatoms. The normalized spacial score (nSPS) is 36.5. The third-order valence-corrected chi connectivity index (χ3v) is 16.9. The molecule has 4 fully saturated rings. The van der Waals surface area contributed by atoms with Gasteiger partial charge in [-0.15, -0.1) is 0 Å². The Kier molecular flexibility index (Phi) is 13.1.